The molecule has 3 N–H and O–H groups in total. The van der Waals surface area contributed by atoms with Gasteiger partial charge in [0.05, 0.1) is 22.6 Å². The van der Waals surface area contributed by atoms with E-state index in [1.165, 1.54) is 6.26 Å². The number of furan rings is 1. The van der Waals surface area contributed by atoms with Crippen LogP contribution in [0.3, 0.4) is 0 Å². The topological polar surface area (TPSA) is 142 Å². The molecule has 8 nitrogen and oxygen atoms in total. The van der Waals surface area contributed by atoms with Gasteiger partial charge in [-0.1, -0.05) is 24.8 Å². The highest BCUT2D eigenvalue weighted by Crippen LogP contribution is 2.37. The second kappa shape index (κ2) is 9.12. The Morgan fingerprint density at radius 3 is 2.60 bits per heavy atom. The van der Waals surface area contributed by atoms with Crippen molar-refractivity contribution in [1.29, 1.82) is 10.5 Å². The Hall–Kier alpha value is -3.82. The van der Waals surface area contributed by atoms with Crippen LogP contribution in [-0.4, -0.2) is 21.1 Å². The van der Waals surface area contributed by atoms with Gasteiger partial charge in [0.15, 0.2) is 0 Å². The van der Waals surface area contributed by atoms with Crippen LogP contribution in [0.15, 0.2) is 46.0 Å². The van der Waals surface area contributed by atoms with Crippen molar-refractivity contribution < 1.29 is 9.21 Å². The number of anilines is 2. The van der Waals surface area contributed by atoms with Gasteiger partial charge in [0.2, 0.25) is 5.91 Å². The standard InChI is InChI=1S/C21H18N6O2S/c1-3-16(20(28)26-17-8-4-6-12(2)25-17)30-21-14(11-23)18(15-7-5-9-29-15)13(10-22)19(24)27-21/h4-9,16H,3H2,1-2H3,(H2,24,27)(H,25,26,28). The molecule has 3 heterocycles. The molecular weight excluding hydrogens is 400 g/mol. The van der Waals surface area contributed by atoms with Crippen molar-refractivity contribution in [2.75, 3.05) is 11.1 Å². The average Bonchev–Trinajstić information content (AvgIpc) is 3.25. The van der Waals surface area contributed by atoms with E-state index in [1.807, 2.05) is 26.0 Å². The number of aryl methyl sites for hydroxylation is 1. The summed E-state index contributed by atoms with van der Waals surface area (Å²) in [6.45, 7) is 3.69. The van der Waals surface area contributed by atoms with Crippen molar-refractivity contribution >= 4 is 29.3 Å². The molecule has 1 amide bonds. The number of nitrogens with one attached hydrogen (secondary N) is 1. The Labute approximate surface area is 177 Å². The first-order valence-electron chi connectivity index (χ1n) is 9.07. The lowest BCUT2D eigenvalue weighted by molar-refractivity contribution is -0.115. The number of amides is 1. The Kier molecular flexibility index (Phi) is 6.35. The summed E-state index contributed by atoms with van der Waals surface area (Å²) in [6.07, 6.45) is 1.92. The number of nitriles is 2. The number of pyridine rings is 2. The van der Waals surface area contributed by atoms with Crippen molar-refractivity contribution in [3.8, 4) is 23.5 Å². The molecule has 3 aromatic heterocycles. The molecule has 0 bridgehead atoms. The summed E-state index contributed by atoms with van der Waals surface area (Å²) in [5.41, 5.74) is 7.25. The van der Waals surface area contributed by atoms with Crippen LogP contribution in [0.1, 0.15) is 30.2 Å². The van der Waals surface area contributed by atoms with E-state index in [1.54, 1.807) is 24.3 Å². The van der Waals surface area contributed by atoms with Gasteiger partial charge < -0.3 is 15.5 Å². The van der Waals surface area contributed by atoms with E-state index in [0.717, 1.165) is 17.5 Å². The van der Waals surface area contributed by atoms with Gasteiger partial charge in [0.1, 0.15) is 40.1 Å². The summed E-state index contributed by atoms with van der Waals surface area (Å²) < 4.78 is 5.40. The molecule has 30 heavy (non-hydrogen) atoms. The number of nitrogens with two attached hydrogens (primary N) is 1. The summed E-state index contributed by atoms with van der Waals surface area (Å²) in [6, 6.07) is 12.7. The minimum Gasteiger partial charge on any atom is -0.464 e. The van der Waals surface area contributed by atoms with Crippen molar-refractivity contribution in [2.24, 2.45) is 0 Å². The van der Waals surface area contributed by atoms with Crippen LogP contribution in [0, 0.1) is 29.6 Å². The van der Waals surface area contributed by atoms with E-state index in [4.69, 9.17) is 10.2 Å². The summed E-state index contributed by atoms with van der Waals surface area (Å²) in [5, 5.41) is 21.8. The van der Waals surface area contributed by atoms with E-state index in [2.05, 4.69) is 21.4 Å². The zero-order valence-corrected chi connectivity index (χ0v) is 17.2. The van der Waals surface area contributed by atoms with Crippen LogP contribution in [0.2, 0.25) is 0 Å². The van der Waals surface area contributed by atoms with E-state index in [0.29, 0.717) is 18.0 Å². The Balaban J connectivity index is 1.98. The van der Waals surface area contributed by atoms with E-state index < -0.39 is 5.25 Å². The number of carbonyl (C=O) groups is 1. The van der Waals surface area contributed by atoms with Crippen LogP contribution < -0.4 is 11.1 Å². The number of thioether (sulfide) groups is 1. The number of aromatic nitrogens is 2. The quantitative estimate of drug-likeness (QED) is 0.574. The molecule has 150 valence electrons. The second-order valence-corrected chi connectivity index (χ2v) is 7.49. The summed E-state index contributed by atoms with van der Waals surface area (Å²) in [5.74, 6) is 0.485. The number of hydrogen-bond acceptors (Lipinski definition) is 8. The molecule has 0 radical (unpaired) electrons. The predicted molar refractivity (Wildman–Crippen MR) is 113 cm³/mol. The molecule has 3 rings (SSSR count). The Morgan fingerprint density at radius 2 is 2.00 bits per heavy atom. The zero-order valence-electron chi connectivity index (χ0n) is 16.3. The first-order chi connectivity index (χ1) is 14.5. The third kappa shape index (κ3) is 4.27. The number of hydrogen-bond donors (Lipinski definition) is 2. The lowest BCUT2D eigenvalue weighted by Gasteiger charge is -2.16. The van der Waals surface area contributed by atoms with E-state index in [9.17, 15) is 15.3 Å². The molecule has 0 aromatic carbocycles. The Morgan fingerprint density at radius 1 is 1.23 bits per heavy atom. The molecule has 0 fully saturated rings. The van der Waals surface area contributed by atoms with E-state index >= 15 is 0 Å². The minimum absolute atomic E-state index is 0.0268. The van der Waals surface area contributed by atoms with Crippen LogP contribution in [0.4, 0.5) is 11.6 Å². The van der Waals surface area contributed by atoms with Gasteiger partial charge in [0, 0.05) is 5.69 Å². The fraction of sp³-hybridized carbons (Fsp3) is 0.190. The number of rotatable bonds is 6. The third-order valence-electron chi connectivity index (χ3n) is 4.24. The predicted octanol–water partition coefficient (Wildman–Crippen LogP) is 3.88. The maximum absolute atomic E-state index is 12.8. The zero-order chi connectivity index (χ0) is 21.7. The van der Waals surface area contributed by atoms with Gasteiger partial charge >= 0.3 is 0 Å². The van der Waals surface area contributed by atoms with E-state index in [-0.39, 0.29) is 33.4 Å². The van der Waals surface area contributed by atoms with Crippen molar-refractivity contribution in [2.45, 2.75) is 30.5 Å². The largest absolute Gasteiger partial charge is 0.464 e. The van der Waals surface area contributed by atoms with Crippen LogP contribution in [0.25, 0.3) is 11.3 Å². The lowest BCUT2D eigenvalue weighted by Crippen LogP contribution is -2.25. The highest BCUT2D eigenvalue weighted by molar-refractivity contribution is 8.00. The molecule has 0 saturated carbocycles. The van der Waals surface area contributed by atoms with Crippen LogP contribution in [-0.2, 0) is 4.79 Å². The van der Waals surface area contributed by atoms with Gasteiger partial charge in [0.25, 0.3) is 0 Å². The summed E-state index contributed by atoms with van der Waals surface area (Å²) in [4.78, 5) is 21.3. The molecule has 0 saturated heterocycles. The van der Waals surface area contributed by atoms with Crippen molar-refractivity contribution in [3.63, 3.8) is 0 Å². The first-order valence-corrected chi connectivity index (χ1v) is 9.95. The molecule has 0 aliphatic carbocycles. The molecule has 0 aliphatic rings. The molecule has 0 aliphatic heterocycles. The average molecular weight is 418 g/mol. The molecule has 3 aromatic rings. The second-order valence-electron chi connectivity index (χ2n) is 6.30. The Bertz CT molecular complexity index is 1160. The third-order valence-corrected chi connectivity index (χ3v) is 5.59. The first kappa shape index (κ1) is 20.9. The highest BCUT2D eigenvalue weighted by atomic mass is 32.2. The normalized spacial score (nSPS) is 11.3. The highest BCUT2D eigenvalue weighted by Gasteiger charge is 2.26. The molecule has 1 unspecified atom stereocenters. The summed E-state index contributed by atoms with van der Waals surface area (Å²) in [7, 11) is 0. The minimum atomic E-state index is -0.552. The molecule has 9 heteroatoms. The van der Waals surface area contributed by atoms with Gasteiger partial charge in [-0.05, 0) is 37.6 Å². The number of carbonyl (C=O) groups excluding carboxylic acids is 1. The molecule has 1 atom stereocenters. The monoisotopic (exact) mass is 418 g/mol. The maximum atomic E-state index is 12.8. The maximum Gasteiger partial charge on any atom is 0.239 e. The number of nitrogens with zero attached hydrogens (tertiary/aromatic N) is 4. The van der Waals surface area contributed by atoms with Gasteiger partial charge in [-0.15, -0.1) is 0 Å². The summed E-state index contributed by atoms with van der Waals surface area (Å²) >= 11 is 1.11. The van der Waals surface area contributed by atoms with Gasteiger partial charge in [-0.3, -0.25) is 4.79 Å². The van der Waals surface area contributed by atoms with Crippen molar-refractivity contribution in [1.82, 2.24) is 9.97 Å². The SMILES string of the molecule is CCC(Sc1nc(N)c(C#N)c(-c2ccco2)c1C#N)C(=O)Nc1cccc(C)n1. The van der Waals surface area contributed by atoms with Crippen molar-refractivity contribution in [3.05, 3.63) is 53.4 Å². The molecular formula is C21H18N6O2S. The fourth-order valence-electron chi connectivity index (χ4n) is 2.83. The lowest BCUT2D eigenvalue weighted by atomic mass is 10.0. The van der Waals surface area contributed by atoms with Gasteiger partial charge in [-0.25, -0.2) is 9.97 Å². The van der Waals surface area contributed by atoms with Crippen LogP contribution in [0.5, 0.6) is 0 Å². The van der Waals surface area contributed by atoms with Gasteiger partial charge in [-0.2, -0.15) is 10.5 Å². The molecule has 0 spiro atoms. The van der Waals surface area contributed by atoms with Crippen LogP contribution >= 0.6 is 11.8 Å². The fourth-order valence-corrected chi connectivity index (χ4v) is 3.85. The number of nitrogen functional groups attached to an aromatic ring is 1. The smallest absolute Gasteiger partial charge is 0.239 e.